The van der Waals surface area contributed by atoms with E-state index in [0.717, 1.165) is 49.9 Å². The first kappa shape index (κ1) is 29.8. The lowest BCUT2D eigenvalue weighted by Crippen LogP contribution is -2.14. The predicted molar refractivity (Wildman–Crippen MR) is 217 cm³/mol. The second-order valence-corrected chi connectivity index (χ2v) is 13.1. The molecule has 0 amide bonds. The average molecular weight is 665 g/mol. The van der Waals surface area contributed by atoms with E-state index in [-0.39, 0.29) is 0 Å². The fourth-order valence-electron chi connectivity index (χ4n) is 7.68. The van der Waals surface area contributed by atoms with Crippen molar-refractivity contribution in [2.45, 2.75) is 0 Å². The van der Waals surface area contributed by atoms with Crippen molar-refractivity contribution in [2.75, 3.05) is 4.90 Å². The second kappa shape index (κ2) is 12.4. The van der Waals surface area contributed by atoms with Crippen molar-refractivity contribution < 1.29 is 0 Å². The van der Waals surface area contributed by atoms with E-state index < -0.39 is 0 Å². The highest BCUT2D eigenvalue weighted by molar-refractivity contribution is 6.12. The van der Waals surface area contributed by atoms with E-state index >= 15 is 0 Å². The standard InChI is InChI=1S/C48H32N4/c1-2-14-33(15-3-1)37-31-49-48(50-32-37)52(45-27-13-19-35-17-5-7-21-39(35)45)44-24-10-8-22-40(44)36-28-29-42-41-23-9-11-25-46(41)51(47(42)30-36)43-26-12-18-34-16-4-6-20-38(34)43/h1-32H. The van der Waals surface area contributed by atoms with Crippen molar-refractivity contribution in [2.24, 2.45) is 0 Å². The normalized spacial score (nSPS) is 11.5. The van der Waals surface area contributed by atoms with Crippen molar-refractivity contribution in [1.29, 1.82) is 0 Å². The van der Waals surface area contributed by atoms with Gasteiger partial charge >= 0.3 is 0 Å². The maximum atomic E-state index is 5.02. The molecular formula is C48H32N4. The molecule has 0 aliphatic carbocycles. The number of fused-ring (bicyclic) bond motifs is 5. The van der Waals surface area contributed by atoms with Gasteiger partial charge < -0.3 is 4.57 Å². The molecule has 0 saturated heterocycles. The van der Waals surface area contributed by atoms with Crippen LogP contribution in [0, 0.1) is 0 Å². The van der Waals surface area contributed by atoms with Crippen LogP contribution in [0.15, 0.2) is 194 Å². The Bertz CT molecular complexity index is 2900. The number of hydrogen-bond acceptors (Lipinski definition) is 3. The minimum Gasteiger partial charge on any atom is -0.309 e. The lowest BCUT2D eigenvalue weighted by molar-refractivity contribution is 1.09. The van der Waals surface area contributed by atoms with Crippen molar-refractivity contribution >= 4 is 60.7 Å². The monoisotopic (exact) mass is 664 g/mol. The molecule has 2 heterocycles. The highest BCUT2D eigenvalue weighted by Gasteiger charge is 2.22. The van der Waals surface area contributed by atoms with Crippen LogP contribution in [-0.4, -0.2) is 14.5 Å². The molecule has 0 spiro atoms. The number of hydrogen-bond donors (Lipinski definition) is 0. The topological polar surface area (TPSA) is 34.0 Å². The zero-order valence-corrected chi connectivity index (χ0v) is 28.3. The lowest BCUT2D eigenvalue weighted by Gasteiger charge is -2.27. The van der Waals surface area contributed by atoms with Gasteiger partial charge in [-0.25, -0.2) is 9.97 Å². The first-order valence-electron chi connectivity index (χ1n) is 17.6. The minimum absolute atomic E-state index is 0.606. The zero-order valence-electron chi connectivity index (χ0n) is 28.3. The van der Waals surface area contributed by atoms with Gasteiger partial charge in [0.1, 0.15) is 0 Å². The Labute approximate surface area is 301 Å². The van der Waals surface area contributed by atoms with Gasteiger partial charge in [-0.3, -0.25) is 4.90 Å². The largest absolute Gasteiger partial charge is 0.309 e. The van der Waals surface area contributed by atoms with Gasteiger partial charge in [0.2, 0.25) is 5.95 Å². The van der Waals surface area contributed by atoms with Gasteiger partial charge in [0, 0.05) is 45.1 Å². The Morgan fingerprint density at radius 3 is 1.81 bits per heavy atom. The zero-order chi connectivity index (χ0) is 34.4. The van der Waals surface area contributed by atoms with Gasteiger partial charge in [0.05, 0.1) is 28.1 Å². The molecule has 2 aromatic heterocycles. The molecule has 4 heteroatoms. The van der Waals surface area contributed by atoms with Crippen LogP contribution in [0.2, 0.25) is 0 Å². The summed E-state index contributed by atoms with van der Waals surface area (Å²) in [7, 11) is 0. The predicted octanol–water partition coefficient (Wildman–Crippen LogP) is 12.7. The van der Waals surface area contributed by atoms with Crippen LogP contribution in [0.5, 0.6) is 0 Å². The number of aromatic nitrogens is 3. The third-order valence-electron chi connectivity index (χ3n) is 10.1. The summed E-state index contributed by atoms with van der Waals surface area (Å²) in [5, 5.41) is 7.17. The molecule has 244 valence electrons. The summed E-state index contributed by atoms with van der Waals surface area (Å²) >= 11 is 0. The maximum absolute atomic E-state index is 5.02. The molecule has 10 rings (SSSR count). The highest BCUT2D eigenvalue weighted by Crippen LogP contribution is 2.44. The smallest absolute Gasteiger partial charge is 0.234 e. The number of rotatable bonds is 6. The molecule has 0 saturated carbocycles. The van der Waals surface area contributed by atoms with Gasteiger partial charge in [-0.05, 0) is 52.2 Å². The summed E-state index contributed by atoms with van der Waals surface area (Å²) in [5.41, 5.74) is 9.78. The molecule has 4 nitrogen and oxygen atoms in total. The minimum atomic E-state index is 0.606. The van der Waals surface area contributed by atoms with Gasteiger partial charge in [0.25, 0.3) is 0 Å². The molecule has 0 bridgehead atoms. The first-order chi connectivity index (χ1) is 25.8. The van der Waals surface area contributed by atoms with E-state index in [1.54, 1.807) is 0 Å². The Morgan fingerprint density at radius 1 is 0.385 bits per heavy atom. The Balaban J connectivity index is 1.20. The summed E-state index contributed by atoms with van der Waals surface area (Å²) in [6, 6.07) is 64.6. The summed E-state index contributed by atoms with van der Waals surface area (Å²) in [6.45, 7) is 0. The maximum Gasteiger partial charge on any atom is 0.234 e. The number of anilines is 3. The Kier molecular flexibility index (Phi) is 7.10. The van der Waals surface area contributed by atoms with Crippen molar-refractivity contribution in [3.8, 4) is 27.9 Å². The molecule has 0 fully saturated rings. The van der Waals surface area contributed by atoms with Gasteiger partial charge in [-0.2, -0.15) is 0 Å². The van der Waals surface area contributed by atoms with E-state index in [0.29, 0.717) is 5.95 Å². The highest BCUT2D eigenvalue weighted by atomic mass is 15.3. The fourth-order valence-corrected chi connectivity index (χ4v) is 7.68. The Morgan fingerprint density at radius 2 is 0.981 bits per heavy atom. The van der Waals surface area contributed by atoms with E-state index in [9.17, 15) is 0 Å². The third kappa shape index (κ3) is 4.92. The molecular weight excluding hydrogens is 633 g/mol. The van der Waals surface area contributed by atoms with Crippen molar-refractivity contribution in [3.05, 3.63) is 194 Å². The van der Waals surface area contributed by atoms with Crippen LogP contribution in [0.3, 0.4) is 0 Å². The average Bonchev–Trinajstić information content (AvgIpc) is 3.55. The van der Waals surface area contributed by atoms with E-state index in [4.69, 9.17) is 9.97 Å². The van der Waals surface area contributed by atoms with Crippen LogP contribution in [0.4, 0.5) is 17.3 Å². The van der Waals surface area contributed by atoms with E-state index in [1.165, 1.54) is 32.7 Å². The number of benzene rings is 8. The molecule has 0 aliphatic rings. The van der Waals surface area contributed by atoms with Gasteiger partial charge in [-0.1, -0.05) is 152 Å². The van der Waals surface area contributed by atoms with Crippen molar-refractivity contribution in [3.63, 3.8) is 0 Å². The summed E-state index contributed by atoms with van der Waals surface area (Å²) in [5.74, 6) is 0.606. The van der Waals surface area contributed by atoms with Crippen LogP contribution in [-0.2, 0) is 0 Å². The second-order valence-electron chi connectivity index (χ2n) is 13.1. The quantitative estimate of drug-likeness (QED) is 0.177. The van der Waals surface area contributed by atoms with Gasteiger partial charge in [-0.15, -0.1) is 0 Å². The molecule has 52 heavy (non-hydrogen) atoms. The molecule has 0 aliphatic heterocycles. The molecule has 10 aromatic rings. The SMILES string of the molecule is c1ccc(-c2cnc(N(c3ccccc3-c3ccc4c5ccccc5n(-c5cccc6ccccc56)c4c3)c3cccc4ccccc34)nc2)cc1. The third-order valence-corrected chi connectivity index (χ3v) is 10.1. The van der Waals surface area contributed by atoms with Crippen molar-refractivity contribution in [1.82, 2.24) is 14.5 Å². The molecule has 0 atom stereocenters. The molecule has 0 unspecified atom stereocenters. The number of nitrogens with zero attached hydrogens (tertiary/aromatic N) is 4. The molecule has 8 aromatic carbocycles. The van der Waals surface area contributed by atoms with Crippen LogP contribution < -0.4 is 4.90 Å². The summed E-state index contributed by atoms with van der Waals surface area (Å²) in [6.07, 6.45) is 3.85. The van der Waals surface area contributed by atoms with Crippen LogP contribution in [0.25, 0.3) is 71.3 Å². The summed E-state index contributed by atoms with van der Waals surface area (Å²) < 4.78 is 2.42. The molecule has 0 N–H and O–H groups in total. The van der Waals surface area contributed by atoms with E-state index in [1.807, 2.05) is 30.6 Å². The lowest BCUT2D eigenvalue weighted by atomic mass is 10.00. The van der Waals surface area contributed by atoms with Crippen LogP contribution in [0.1, 0.15) is 0 Å². The first-order valence-corrected chi connectivity index (χ1v) is 17.6. The summed E-state index contributed by atoms with van der Waals surface area (Å²) in [4.78, 5) is 12.2. The molecule has 0 radical (unpaired) electrons. The van der Waals surface area contributed by atoms with Crippen LogP contribution >= 0.6 is 0 Å². The fraction of sp³-hybridized carbons (Fsp3) is 0. The Hall–Kier alpha value is -7.04. The van der Waals surface area contributed by atoms with Gasteiger partial charge in [0.15, 0.2) is 0 Å². The number of para-hydroxylation sites is 2. The van der Waals surface area contributed by atoms with E-state index in [2.05, 4.69) is 173 Å².